The van der Waals surface area contributed by atoms with Gasteiger partial charge in [0.1, 0.15) is 0 Å². The molecule has 0 aromatic carbocycles. The maximum absolute atomic E-state index is 9.93. The van der Waals surface area contributed by atoms with Crippen molar-refractivity contribution in [2.45, 2.75) is 0 Å². The fourth-order valence-corrected chi connectivity index (χ4v) is 0. The van der Waals surface area contributed by atoms with Crippen molar-refractivity contribution in [2.75, 3.05) is 14.1 Å². The van der Waals surface area contributed by atoms with Gasteiger partial charge in [-0.15, -0.1) is 0 Å². The fraction of sp³-hybridized carbons (Fsp3) is 0.500. The third kappa shape index (κ3) is 42.8. The Morgan fingerprint density at radius 1 is 1.27 bits per heavy atom. The SMILES string of the molecule is CN(C)C(=O)S.N.NC(=O)S. The van der Waals surface area contributed by atoms with Crippen LogP contribution in [0.25, 0.3) is 0 Å². The third-order valence-corrected chi connectivity index (χ3v) is 0.783. The summed E-state index contributed by atoms with van der Waals surface area (Å²) in [6, 6.07) is 0. The molecule has 0 aromatic rings. The summed E-state index contributed by atoms with van der Waals surface area (Å²) in [5.41, 5.74) is 4.34. The maximum atomic E-state index is 9.93. The van der Waals surface area contributed by atoms with Gasteiger partial charge in [-0.1, -0.05) is 25.3 Å². The Bertz CT molecular complexity index is 125. The quantitative estimate of drug-likeness (QED) is 0.433. The van der Waals surface area contributed by atoms with Crippen LogP contribution in [0.4, 0.5) is 9.59 Å². The summed E-state index contributed by atoms with van der Waals surface area (Å²) in [5, 5.41) is -0.852. The zero-order chi connectivity index (χ0) is 8.73. The molecule has 0 spiro atoms. The van der Waals surface area contributed by atoms with Gasteiger partial charge in [0.2, 0.25) is 0 Å². The lowest BCUT2D eigenvalue weighted by Crippen LogP contribution is -2.13. The number of nitrogens with two attached hydrogens (primary N) is 1. The van der Waals surface area contributed by atoms with E-state index in [2.05, 4.69) is 31.0 Å². The van der Waals surface area contributed by atoms with E-state index in [0.29, 0.717) is 0 Å². The first kappa shape index (κ1) is 16.9. The number of rotatable bonds is 0. The zero-order valence-electron chi connectivity index (χ0n) is 6.44. The highest BCUT2D eigenvalue weighted by molar-refractivity contribution is 7.96. The molecule has 0 bridgehead atoms. The third-order valence-electron chi connectivity index (χ3n) is 0.383. The number of hydrogen-bond acceptors (Lipinski definition) is 3. The van der Waals surface area contributed by atoms with Gasteiger partial charge < -0.3 is 16.8 Å². The summed E-state index contributed by atoms with van der Waals surface area (Å²) in [6.45, 7) is 0. The standard InChI is InChI=1S/C3H7NOS.CH3NOS.H3N/c1-4(2)3(5)6;2-1(3)4;/h1-2H3,(H,5,6);(H3,2,3,4);1H3. The van der Waals surface area contributed by atoms with Crippen LogP contribution in [0.5, 0.6) is 0 Å². The number of carbonyl (C=O) groups is 2. The monoisotopic (exact) mass is 199 g/mol. The van der Waals surface area contributed by atoms with Crippen molar-refractivity contribution < 1.29 is 9.59 Å². The van der Waals surface area contributed by atoms with Crippen LogP contribution >= 0.6 is 25.3 Å². The lowest BCUT2D eigenvalue weighted by Gasteiger charge is -2.01. The van der Waals surface area contributed by atoms with E-state index in [-0.39, 0.29) is 11.4 Å². The van der Waals surface area contributed by atoms with Gasteiger partial charge in [-0.25, -0.2) is 0 Å². The van der Waals surface area contributed by atoms with Crippen LogP contribution in [0.3, 0.4) is 0 Å². The maximum Gasteiger partial charge on any atom is 0.278 e. The Morgan fingerprint density at radius 3 is 1.36 bits per heavy atom. The first-order valence-corrected chi connectivity index (χ1v) is 3.16. The Morgan fingerprint density at radius 2 is 1.36 bits per heavy atom. The Balaban J connectivity index is -0.000000114. The smallest absolute Gasteiger partial charge is 0.278 e. The molecule has 0 rings (SSSR count). The average Bonchev–Trinajstić information content (AvgIpc) is 1.63. The van der Waals surface area contributed by atoms with Gasteiger partial charge in [-0.3, -0.25) is 9.59 Å². The molecule has 0 aromatic heterocycles. The fourth-order valence-electron chi connectivity index (χ4n) is 0. The topological polar surface area (TPSA) is 98.4 Å². The number of thiol groups is 2. The van der Waals surface area contributed by atoms with E-state index in [1.165, 1.54) is 4.90 Å². The molecule has 5 N–H and O–H groups in total. The van der Waals surface area contributed by atoms with Crippen molar-refractivity contribution in [3.8, 4) is 0 Å². The second kappa shape index (κ2) is 9.60. The van der Waals surface area contributed by atoms with Crippen LogP contribution in [0.2, 0.25) is 0 Å². The normalized spacial score (nSPS) is 6.55. The summed E-state index contributed by atoms with van der Waals surface area (Å²) in [4.78, 5) is 20.4. The predicted molar refractivity (Wildman–Crippen MR) is 51.7 cm³/mol. The molecule has 0 saturated heterocycles. The van der Waals surface area contributed by atoms with Gasteiger partial charge in [-0.05, 0) is 0 Å². The highest BCUT2D eigenvalue weighted by Crippen LogP contribution is 1.82. The van der Waals surface area contributed by atoms with Crippen molar-refractivity contribution in [1.82, 2.24) is 11.1 Å². The van der Waals surface area contributed by atoms with E-state index in [4.69, 9.17) is 4.79 Å². The minimum Gasteiger partial charge on any atom is -0.361 e. The second-order valence-electron chi connectivity index (χ2n) is 1.52. The Labute approximate surface area is 76.7 Å². The van der Waals surface area contributed by atoms with E-state index >= 15 is 0 Å². The molecule has 0 aliphatic rings. The van der Waals surface area contributed by atoms with Gasteiger partial charge in [-0.2, -0.15) is 0 Å². The van der Waals surface area contributed by atoms with Crippen LogP contribution in [-0.4, -0.2) is 29.5 Å². The lowest BCUT2D eigenvalue weighted by atomic mass is 11.0. The highest BCUT2D eigenvalue weighted by Gasteiger charge is 1.89. The van der Waals surface area contributed by atoms with Crippen LogP contribution in [0, 0.1) is 0 Å². The first-order chi connectivity index (χ1) is 4.37. The van der Waals surface area contributed by atoms with Gasteiger partial charge in [0.25, 0.3) is 10.5 Å². The summed E-state index contributed by atoms with van der Waals surface area (Å²) in [7, 11) is 3.30. The van der Waals surface area contributed by atoms with Crippen molar-refractivity contribution in [2.24, 2.45) is 5.73 Å². The number of carbonyl (C=O) groups excluding carboxylic acids is 2. The van der Waals surface area contributed by atoms with Crippen LogP contribution < -0.4 is 11.9 Å². The number of hydrogen-bond donors (Lipinski definition) is 4. The Hall–Kier alpha value is -0.400. The minimum atomic E-state index is -0.639. The van der Waals surface area contributed by atoms with Crippen molar-refractivity contribution in [3.05, 3.63) is 0 Å². The molecule has 0 radical (unpaired) electrons. The van der Waals surface area contributed by atoms with E-state index in [1.54, 1.807) is 14.1 Å². The number of primary amides is 1. The van der Waals surface area contributed by atoms with Crippen LogP contribution in [-0.2, 0) is 0 Å². The lowest BCUT2D eigenvalue weighted by molar-refractivity contribution is 0.241. The highest BCUT2D eigenvalue weighted by atomic mass is 32.1. The molecule has 0 aliphatic heterocycles. The summed E-state index contributed by atoms with van der Waals surface area (Å²) in [6.07, 6.45) is 0. The summed E-state index contributed by atoms with van der Waals surface area (Å²) in [5.74, 6) is 0. The van der Waals surface area contributed by atoms with Crippen LogP contribution in [0.15, 0.2) is 0 Å². The Kier molecular flexibility index (Phi) is 14.8. The van der Waals surface area contributed by atoms with Gasteiger partial charge in [0.05, 0.1) is 0 Å². The second-order valence-corrected chi connectivity index (χ2v) is 2.34. The number of amides is 2. The number of nitrogens with zero attached hydrogens (tertiary/aromatic N) is 1. The van der Waals surface area contributed by atoms with E-state index in [0.717, 1.165) is 0 Å². The molecule has 0 atom stereocenters. The first-order valence-electron chi connectivity index (χ1n) is 2.26. The molecule has 0 aliphatic carbocycles. The molecule has 7 heteroatoms. The molecule has 11 heavy (non-hydrogen) atoms. The molecule has 0 saturated carbocycles. The average molecular weight is 199 g/mol. The summed E-state index contributed by atoms with van der Waals surface area (Å²) < 4.78 is 0. The molecule has 0 fully saturated rings. The molecular formula is C4H13N3O2S2. The molecule has 0 unspecified atom stereocenters. The molecule has 68 valence electrons. The van der Waals surface area contributed by atoms with Gasteiger partial charge in [0.15, 0.2) is 0 Å². The zero-order valence-corrected chi connectivity index (χ0v) is 8.23. The van der Waals surface area contributed by atoms with Gasteiger partial charge >= 0.3 is 0 Å². The van der Waals surface area contributed by atoms with Crippen molar-refractivity contribution in [3.63, 3.8) is 0 Å². The molecule has 5 nitrogen and oxygen atoms in total. The molecular weight excluding hydrogens is 186 g/mol. The van der Waals surface area contributed by atoms with E-state index in [9.17, 15) is 4.79 Å². The van der Waals surface area contributed by atoms with Crippen molar-refractivity contribution >= 4 is 35.7 Å². The van der Waals surface area contributed by atoms with Gasteiger partial charge in [0, 0.05) is 14.1 Å². The van der Waals surface area contributed by atoms with Crippen LogP contribution in [0.1, 0.15) is 0 Å². The van der Waals surface area contributed by atoms with E-state index < -0.39 is 5.24 Å². The molecule has 0 heterocycles. The summed E-state index contributed by atoms with van der Waals surface area (Å²) >= 11 is 6.58. The molecule has 2 amide bonds. The predicted octanol–water partition coefficient (Wildman–Crippen LogP) is 0.755. The van der Waals surface area contributed by atoms with Crippen molar-refractivity contribution in [1.29, 1.82) is 0 Å². The largest absolute Gasteiger partial charge is 0.361 e. The van der Waals surface area contributed by atoms with E-state index in [1.807, 2.05) is 0 Å². The minimum absolute atomic E-state index is 0.